The van der Waals surface area contributed by atoms with Crippen LogP contribution in [0.15, 0.2) is 30.5 Å². The van der Waals surface area contributed by atoms with Crippen LogP contribution in [-0.4, -0.2) is 28.0 Å². The number of methoxy groups -OCH3 is 1. The number of benzene rings is 1. The van der Waals surface area contributed by atoms with Crippen LogP contribution < -0.4 is 9.47 Å². The number of nitrogens with zero attached hydrogens (tertiary/aromatic N) is 2. The van der Waals surface area contributed by atoms with Crippen molar-refractivity contribution in [3.63, 3.8) is 0 Å². The van der Waals surface area contributed by atoms with Crippen LogP contribution in [0, 0.1) is 12.7 Å². The van der Waals surface area contributed by atoms with Crippen molar-refractivity contribution in [2.75, 3.05) is 7.11 Å². The fraction of sp³-hybridized carbons (Fsp3) is 0.391. The zero-order chi connectivity index (χ0) is 22.9. The summed E-state index contributed by atoms with van der Waals surface area (Å²) in [7, 11) is 1.51. The van der Waals surface area contributed by atoms with E-state index in [1.54, 1.807) is 31.3 Å². The SMILES string of the molecule is COc1cc(OCc2ncc(C)cc2F)ccc1-c1nc(C2CCC(F)(F)CC2)[nH]c1Cl. The van der Waals surface area contributed by atoms with Gasteiger partial charge >= 0.3 is 0 Å². The van der Waals surface area contributed by atoms with Crippen molar-refractivity contribution in [1.29, 1.82) is 0 Å². The van der Waals surface area contributed by atoms with E-state index in [2.05, 4.69) is 15.0 Å². The van der Waals surface area contributed by atoms with Crippen molar-refractivity contribution in [2.45, 2.75) is 51.1 Å². The van der Waals surface area contributed by atoms with Crippen LogP contribution in [0.3, 0.4) is 0 Å². The van der Waals surface area contributed by atoms with Crippen molar-refractivity contribution in [3.05, 3.63) is 58.5 Å². The van der Waals surface area contributed by atoms with Crippen LogP contribution in [0.4, 0.5) is 13.2 Å². The first kappa shape index (κ1) is 22.5. The largest absolute Gasteiger partial charge is 0.496 e. The standard InChI is InChI=1S/C23H23ClF3N3O2/c1-13-9-17(25)18(28-11-13)12-32-15-3-4-16(19(10-15)31-2)20-21(24)30-22(29-20)14-5-7-23(26,27)8-6-14/h3-4,9-11,14H,5-8,12H2,1-2H3,(H,29,30). The third kappa shape index (κ3) is 4.85. The fourth-order valence-corrected chi connectivity index (χ4v) is 4.07. The molecule has 1 saturated carbocycles. The van der Waals surface area contributed by atoms with E-state index in [0.717, 1.165) is 5.56 Å². The number of aryl methyl sites for hydroxylation is 1. The van der Waals surface area contributed by atoms with Crippen LogP contribution in [0.1, 0.15) is 48.7 Å². The topological polar surface area (TPSA) is 60.0 Å². The molecule has 1 aliphatic carbocycles. The van der Waals surface area contributed by atoms with Gasteiger partial charge in [-0.15, -0.1) is 0 Å². The Labute approximate surface area is 188 Å². The molecule has 0 aliphatic heterocycles. The molecule has 0 saturated heterocycles. The molecular weight excluding hydrogens is 443 g/mol. The van der Waals surface area contributed by atoms with Gasteiger partial charge in [0.2, 0.25) is 5.92 Å². The van der Waals surface area contributed by atoms with Crippen molar-refractivity contribution < 1.29 is 22.6 Å². The first-order valence-corrected chi connectivity index (χ1v) is 10.7. The quantitative estimate of drug-likeness (QED) is 0.454. The number of pyridine rings is 1. The molecule has 0 amide bonds. The highest BCUT2D eigenvalue weighted by Gasteiger charge is 2.36. The minimum Gasteiger partial charge on any atom is -0.496 e. The summed E-state index contributed by atoms with van der Waals surface area (Å²) in [5.41, 5.74) is 2.05. The first-order valence-electron chi connectivity index (χ1n) is 10.3. The third-order valence-electron chi connectivity index (χ3n) is 5.64. The Kier molecular flexibility index (Phi) is 6.33. The molecule has 32 heavy (non-hydrogen) atoms. The van der Waals surface area contributed by atoms with Gasteiger partial charge in [-0.2, -0.15) is 0 Å². The van der Waals surface area contributed by atoms with Gasteiger partial charge in [0.1, 0.15) is 46.3 Å². The molecule has 1 N–H and O–H groups in total. The lowest BCUT2D eigenvalue weighted by molar-refractivity contribution is -0.0387. The molecule has 1 aromatic carbocycles. The van der Waals surface area contributed by atoms with Gasteiger partial charge in [-0.3, -0.25) is 4.98 Å². The molecule has 9 heteroatoms. The van der Waals surface area contributed by atoms with E-state index in [1.807, 2.05) is 0 Å². The van der Waals surface area contributed by atoms with Crippen LogP contribution in [0.2, 0.25) is 5.15 Å². The lowest BCUT2D eigenvalue weighted by atomic mass is 9.86. The van der Waals surface area contributed by atoms with Crippen molar-refractivity contribution >= 4 is 11.6 Å². The molecule has 2 heterocycles. The third-order valence-corrected chi connectivity index (χ3v) is 5.91. The molecule has 1 fully saturated rings. The second-order valence-corrected chi connectivity index (χ2v) is 8.38. The number of hydrogen-bond donors (Lipinski definition) is 1. The number of aromatic nitrogens is 3. The number of H-pyrrole nitrogens is 1. The van der Waals surface area contributed by atoms with E-state index < -0.39 is 11.7 Å². The average molecular weight is 466 g/mol. The molecule has 0 bridgehead atoms. The highest BCUT2D eigenvalue weighted by Crippen LogP contribution is 2.42. The molecule has 4 rings (SSSR count). The van der Waals surface area contributed by atoms with Gasteiger partial charge in [0, 0.05) is 36.6 Å². The van der Waals surface area contributed by atoms with Crippen LogP contribution in [-0.2, 0) is 6.61 Å². The summed E-state index contributed by atoms with van der Waals surface area (Å²) < 4.78 is 52.1. The molecule has 5 nitrogen and oxygen atoms in total. The lowest BCUT2D eigenvalue weighted by Crippen LogP contribution is -2.24. The Morgan fingerprint density at radius 3 is 2.66 bits per heavy atom. The maximum absolute atomic E-state index is 14.0. The van der Waals surface area contributed by atoms with Gasteiger partial charge in [0.05, 0.1) is 7.11 Å². The zero-order valence-electron chi connectivity index (χ0n) is 17.7. The smallest absolute Gasteiger partial charge is 0.248 e. The Bertz CT molecular complexity index is 1110. The highest BCUT2D eigenvalue weighted by atomic mass is 35.5. The monoisotopic (exact) mass is 465 g/mol. The maximum Gasteiger partial charge on any atom is 0.248 e. The van der Waals surface area contributed by atoms with Gasteiger partial charge in [0.15, 0.2) is 0 Å². The number of imidazole rings is 1. The molecular formula is C23H23ClF3N3O2. The first-order chi connectivity index (χ1) is 15.3. The molecule has 0 atom stereocenters. The van der Waals surface area contributed by atoms with Gasteiger partial charge < -0.3 is 14.5 Å². The number of aromatic amines is 1. The number of ether oxygens (including phenoxy) is 2. The molecule has 0 unspecified atom stereocenters. The number of rotatable bonds is 6. The summed E-state index contributed by atoms with van der Waals surface area (Å²) >= 11 is 6.39. The second-order valence-electron chi connectivity index (χ2n) is 8.01. The maximum atomic E-state index is 14.0. The van der Waals surface area contributed by atoms with E-state index in [9.17, 15) is 13.2 Å². The number of alkyl halides is 2. The number of nitrogens with one attached hydrogen (secondary N) is 1. The summed E-state index contributed by atoms with van der Waals surface area (Å²) in [4.78, 5) is 11.7. The molecule has 1 aliphatic rings. The fourth-order valence-electron chi connectivity index (χ4n) is 3.83. The Hall–Kier alpha value is -2.74. The highest BCUT2D eigenvalue weighted by molar-refractivity contribution is 6.32. The molecule has 170 valence electrons. The van der Waals surface area contributed by atoms with E-state index in [4.69, 9.17) is 21.1 Å². The summed E-state index contributed by atoms with van der Waals surface area (Å²) in [5.74, 6) is -1.59. The summed E-state index contributed by atoms with van der Waals surface area (Å²) in [6.07, 6.45) is 1.97. The van der Waals surface area contributed by atoms with Gasteiger partial charge in [-0.1, -0.05) is 11.6 Å². The minimum atomic E-state index is -2.61. The predicted molar refractivity (Wildman–Crippen MR) is 115 cm³/mol. The molecule has 3 aromatic rings. The molecule has 0 radical (unpaired) electrons. The van der Waals surface area contributed by atoms with Gasteiger partial charge in [-0.05, 0) is 43.5 Å². The molecule has 0 spiro atoms. The van der Waals surface area contributed by atoms with Gasteiger partial charge in [0.25, 0.3) is 0 Å². The van der Waals surface area contributed by atoms with Gasteiger partial charge in [-0.25, -0.2) is 18.2 Å². The minimum absolute atomic E-state index is 0.0335. The van der Waals surface area contributed by atoms with E-state index in [0.29, 0.717) is 46.6 Å². The van der Waals surface area contributed by atoms with Crippen LogP contribution >= 0.6 is 11.6 Å². The predicted octanol–water partition coefficient (Wildman–Crippen LogP) is 6.45. The summed E-state index contributed by atoms with van der Waals surface area (Å²) in [6, 6.07) is 6.51. The Morgan fingerprint density at radius 1 is 1.22 bits per heavy atom. The average Bonchev–Trinajstić information content (AvgIpc) is 3.14. The van der Waals surface area contributed by atoms with Crippen molar-refractivity contribution in [3.8, 4) is 22.8 Å². The summed E-state index contributed by atoms with van der Waals surface area (Å²) in [5, 5.41) is 0.315. The van der Waals surface area contributed by atoms with E-state index >= 15 is 0 Å². The normalized spacial score (nSPS) is 16.2. The van der Waals surface area contributed by atoms with Crippen LogP contribution in [0.25, 0.3) is 11.3 Å². The zero-order valence-corrected chi connectivity index (χ0v) is 18.5. The van der Waals surface area contributed by atoms with Crippen molar-refractivity contribution in [2.24, 2.45) is 0 Å². The number of halogens is 4. The molecule has 2 aromatic heterocycles. The summed E-state index contributed by atoms with van der Waals surface area (Å²) in [6.45, 7) is 1.73. The Balaban J connectivity index is 1.52. The second kappa shape index (κ2) is 9.02. The lowest BCUT2D eigenvalue weighted by Gasteiger charge is -2.26. The van der Waals surface area contributed by atoms with E-state index in [1.165, 1.54) is 13.2 Å². The Morgan fingerprint density at radius 2 is 1.97 bits per heavy atom. The van der Waals surface area contributed by atoms with Crippen molar-refractivity contribution in [1.82, 2.24) is 15.0 Å². The number of hydrogen-bond acceptors (Lipinski definition) is 4. The van der Waals surface area contributed by atoms with E-state index in [-0.39, 0.29) is 31.1 Å². The van der Waals surface area contributed by atoms with Crippen LogP contribution in [0.5, 0.6) is 11.5 Å².